The zero-order valence-corrected chi connectivity index (χ0v) is 44.3. The zero-order valence-electron chi connectivity index (χ0n) is 42.0. The topological polar surface area (TPSA) is 225 Å². The van der Waals surface area contributed by atoms with Gasteiger partial charge in [0.05, 0.1) is 33.6 Å². The Kier molecular flexibility index (Phi) is 24.8. The summed E-state index contributed by atoms with van der Waals surface area (Å²) < 4.78 is 14.8. The van der Waals surface area contributed by atoms with Crippen LogP contribution >= 0.6 is 35.6 Å². The molecule has 6 rings (SSSR count). The van der Waals surface area contributed by atoms with Crippen LogP contribution in [0.1, 0.15) is 116 Å². The van der Waals surface area contributed by atoms with Crippen LogP contribution in [-0.2, 0) is 26.9 Å². The van der Waals surface area contributed by atoms with Gasteiger partial charge >= 0.3 is 0 Å². The number of hydrogen-bond donors (Lipinski definition) is 5. The average molecular weight is 1050 g/mol. The second-order valence-electron chi connectivity index (χ2n) is 17.8. The van der Waals surface area contributed by atoms with Crippen LogP contribution in [0.3, 0.4) is 0 Å². The van der Waals surface area contributed by atoms with E-state index in [9.17, 15) is 24.6 Å². The predicted molar refractivity (Wildman–Crippen MR) is 285 cm³/mol. The minimum absolute atomic E-state index is 0. The van der Waals surface area contributed by atoms with Gasteiger partial charge in [-0.25, -0.2) is 15.9 Å². The zero-order chi connectivity index (χ0) is 52.4. The highest BCUT2D eigenvalue weighted by Crippen LogP contribution is 2.31. The van der Waals surface area contributed by atoms with Crippen molar-refractivity contribution in [3.8, 4) is 34.0 Å². The van der Waals surface area contributed by atoms with Gasteiger partial charge in [-0.2, -0.15) is 0 Å². The Morgan fingerprint density at radius 2 is 1.01 bits per heavy atom. The predicted octanol–water partition coefficient (Wildman–Crippen LogP) is 10.8. The smallest absolute Gasteiger partial charge is 0.195 e. The molecule has 0 aliphatic carbocycles. The summed E-state index contributed by atoms with van der Waals surface area (Å²) in [7, 11) is 3.65. The van der Waals surface area contributed by atoms with Crippen molar-refractivity contribution in [3.05, 3.63) is 141 Å². The monoisotopic (exact) mass is 1050 g/mol. The van der Waals surface area contributed by atoms with E-state index < -0.39 is 0 Å². The number of ether oxygens (including phenoxy) is 2. The van der Waals surface area contributed by atoms with Crippen molar-refractivity contribution in [2.24, 2.45) is 37.0 Å². The molecule has 18 heteroatoms. The van der Waals surface area contributed by atoms with Crippen LogP contribution in [-0.4, -0.2) is 88.2 Å². The maximum Gasteiger partial charge on any atom is 0.195 e. The maximum atomic E-state index is 12.9. The average Bonchev–Trinajstić information content (AvgIpc) is 3.93. The van der Waals surface area contributed by atoms with Crippen molar-refractivity contribution in [2.45, 2.75) is 92.3 Å². The van der Waals surface area contributed by atoms with Crippen LogP contribution in [0.25, 0.3) is 22.5 Å². The fourth-order valence-corrected chi connectivity index (χ4v) is 8.38. The number of nitrogens with zero attached hydrogens (tertiary/aromatic N) is 5. The van der Waals surface area contributed by atoms with Gasteiger partial charge < -0.3 is 39.2 Å². The molecule has 0 spiro atoms. The van der Waals surface area contributed by atoms with Crippen molar-refractivity contribution in [2.75, 3.05) is 13.2 Å². The van der Waals surface area contributed by atoms with Crippen LogP contribution in [0.2, 0.25) is 10.0 Å². The Hall–Kier alpha value is -5.91. The molecule has 0 unspecified atom stereocenters. The van der Waals surface area contributed by atoms with Crippen molar-refractivity contribution in [3.63, 3.8) is 0 Å². The summed E-state index contributed by atoms with van der Waals surface area (Å²) in [5.74, 6) is 5.51. The lowest BCUT2D eigenvalue weighted by atomic mass is 9.89. The molecule has 388 valence electrons. The molecule has 15 nitrogen and oxygen atoms in total. The van der Waals surface area contributed by atoms with E-state index in [0.717, 1.165) is 33.6 Å². The third kappa shape index (κ3) is 17.7. The minimum Gasteiger partial charge on any atom is -0.489 e. The van der Waals surface area contributed by atoms with E-state index in [4.69, 9.17) is 43.1 Å². The molecule has 0 saturated heterocycles. The number of Topliss-reactive ketones (excluding diaryl/α,β-unsaturated/α-hetero) is 3. The Balaban J connectivity index is 0.000000363. The highest BCUT2D eigenvalue weighted by molar-refractivity contribution is 6.32. The molecule has 72 heavy (non-hydrogen) atoms. The number of nitrogens with two attached hydrogens (primary N) is 1. The molecule has 0 saturated carbocycles. The van der Waals surface area contributed by atoms with Crippen LogP contribution in [0, 0.1) is 11.8 Å². The SMILES string of the molecule is C/C(=N\O)c1nc(-c2ccc(C[C@@H](CCO)CC(=O)c3ccc(OC(C)C)c(Cl)c3)cc2)cn1C.CC(=O)c1nc(-c2ccc(C[C@@H](CCO)CC(=O)c3ccc(OC(C)C)c(Cl)c3)cc2)cn1C.Cl.NO. The van der Waals surface area contributed by atoms with Crippen molar-refractivity contribution in [1.82, 2.24) is 19.1 Å². The minimum atomic E-state index is -0.0785. The molecule has 0 aliphatic heterocycles. The molecular weight excluding hydrogens is 983 g/mol. The van der Waals surface area contributed by atoms with Gasteiger partial charge in [0.2, 0.25) is 0 Å². The van der Waals surface area contributed by atoms with Gasteiger partial charge in [0.25, 0.3) is 0 Å². The first-order chi connectivity index (χ1) is 33.9. The van der Waals surface area contributed by atoms with Gasteiger partial charge in [-0.3, -0.25) is 14.4 Å². The fourth-order valence-electron chi connectivity index (χ4n) is 7.93. The summed E-state index contributed by atoms with van der Waals surface area (Å²) in [6, 6.07) is 26.2. The Morgan fingerprint density at radius 1 is 0.639 bits per heavy atom. The molecule has 2 atom stereocenters. The lowest BCUT2D eigenvalue weighted by Crippen LogP contribution is -2.13. The fraction of sp³-hybridized carbons (Fsp3) is 0.370. The second kappa shape index (κ2) is 29.6. The van der Waals surface area contributed by atoms with Gasteiger partial charge in [-0.15, -0.1) is 12.4 Å². The van der Waals surface area contributed by atoms with E-state index in [1.54, 1.807) is 54.9 Å². The maximum absolute atomic E-state index is 12.9. The number of hydrogen-bond acceptors (Lipinski definition) is 13. The summed E-state index contributed by atoms with van der Waals surface area (Å²) in [5, 5.41) is 38.7. The number of rotatable bonds is 22. The molecule has 0 fully saturated rings. The first-order valence-electron chi connectivity index (χ1n) is 23.3. The number of oxime groups is 1. The third-order valence-electron chi connectivity index (χ3n) is 11.3. The number of ketones is 3. The normalized spacial score (nSPS) is 12.0. The van der Waals surface area contributed by atoms with Crippen molar-refractivity contribution >= 4 is 58.7 Å². The highest BCUT2D eigenvalue weighted by atomic mass is 35.5. The Bertz CT molecular complexity index is 2720. The quantitative estimate of drug-likeness (QED) is 0.0185. The number of aliphatic hydroxyl groups excluding tert-OH is 2. The van der Waals surface area contributed by atoms with Crippen molar-refractivity contribution in [1.29, 1.82) is 0 Å². The van der Waals surface area contributed by atoms with Gasteiger partial charge in [0, 0.05) is 81.7 Å². The van der Waals surface area contributed by atoms with E-state index in [-0.39, 0.29) is 67.0 Å². The lowest BCUT2D eigenvalue weighted by Gasteiger charge is -2.16. The van der Waals surface area contributed by atoms with E-state index in [1.165, 1.54) is 6.92 Å². The number of carbonyl (C=O) groups is 3. The molecule has 4 aromatic carbocycles. The second-order valence-corrected chi connectivity index (χ2v) is 18.6. The summed E-state index contributed by atoms with van der Waals surface area (Å²) >= 11 is 12.6. The number of aryl methyl sites for hydroxylation is 2. The first kappa shape index (κ1) is 60.4. The van der Waals surface area contributed by atoms with Gasteiger partial charge in [0.1, 0.15) is 17.2 Å². The Morgan fingerprint density at radius 3 is 1.33 bits per heavy atom. The molecule has 0 radical (unpaired) electrons. The van der Waals surface area contributed by atoms with Gasteiger partial charge in [0.15, 0.2) is 29.0 Å². The highest BCUT2D eigenvalue weighted by Gasteiger charge is 2.20. The lowest BCUT2D eigenvalue weighted by molar-refractivity contribution is 0.0944. The molecule has 2 heterocycles. The van der Waals surface area contributed by atoms with Crippen LogP contribution in [0.4, 0.5) is 0 Å². The largest absolute Gasteiger partial charge is 0.489 e. The summed E-state index contributed by atoms with van der Waals surface area (Å²) in [6.07, 6.45) is 6.71. The van der Waals surface area contributed by atoms with Gasteiger partial charge in [-0.05, 0) is 120 Å². The van der Waals surface area contributed by atoms with Crippen LogP contribution in [0.5, 0.6) is 11.5 Å². The number of halogens is 3. The molecule has 6 N–H and O–H groups in total. The molecule has 0 aliphatic rings. The third-order valence-corrected chi connectivity index (χ3v) is 11.9. The molecular formula is C54H67Cl3N6O9. The van der Waals surface area contributed by atoms with Gasteiger partial charge in [-0.1, -0.05) is 76.9 Å². The Labute approximate surface area is 438 Å². The number of benzene rings is 4. The first-order valence-corrected chi connectivity index (χ1v) is 24.1. The van der Waals surface area contributed by atoms with E-state index in [1.807, 2.05) is 100 Å². The molecule has 6 aromatic rings. The number of imidazole rings is 2. The van der Waals surface area contributed by atoms with E-state index in [0.29, 0.717) is 88.6 Å². The van der Waals surface area contributed by atoms with Crippen molar-refractivity contribution < 1.29 is 44.5 Å². The van der Waals surface area contributed by atoms with Crippen LogP contribution in [0.15, 0.2) is 102 Å². The standard InChI is InChI=1S/C27H32ClN3O4.C27H31ClN2O4.ClH.H3NO/c1-17(2)35-26-10-9-22(15-23(26)28)25(33)14-20(11-12-32)13-19-5-7-21(8-6-19)24-16-31(4)27(29-24)18(3)30-34;1-17(2)34-26-10-9-22(15-23(26)28)25(33)14-20(11-12-31)13-19-5-7-21(8-6-19)24-16-30(4)27(29-24)18(3)32;;1-2/h5-10,15-17,20,32,34H,11-14H2,1-4H3;5-10,15-17,20,31H,11-14H2,1-4H3;1H;2H,1H2/b30-18+;;;/t2*20-;;/m11../s1. The summed E-state index contributed by atoms with van der Waals surface area (Å²) in [6.45, 7) is 10.9. The summed E-state index contributed by atoms with van der Waals surface area (Å²) in [4.78, 5) is 46.5. The number of aliphatic hydroxyl groups is 2. The van der Waals surface area contributed by atoms with E-state index >= 15 is 0 Å². The summed E-state index contributed by atoms with van der Waals surface area (Å²) in [5.41, 5.74) is 7.03. The molecule has 2 aromatic heterocycles. The molecule has 0 bridgehead atoms. The number of aromatic nitrogens is 4. The number of carbonyl (C=O) groups excluding carboxylic acids is 3. The van der Waals surface area contributed by atoms with Crippen LogP contribution < -0.4 is 15.4 Å². The molecule has 0 amide bonds. The van der Waals surface area contributed by atoms with E-state index in [2.05, 4.69) is 21.0 Å².